The third kappa shape index (κ3) is 7.84. The summed E-state index contributed by atoms with van der Waals surface area (Å²) >= 11 is 3.36. The summed E-state index contributed by atoms with van der Waals surface area (Å²) in [6, 6.07) is 13.7. The van der Waals surface area contributed by atoms with E-state index >= 15 is 0 Å². The number of anilines is 1. The lowest BCUT2D eigenvalue weighted by atomic mass is 10.1. The summed E-state index contributed by atoms with van der Waals surface area (Å²) in [5.74, 6) is -0.692. The van der Waals surface area contributed by atoms with Crippen LogP contribution in [0.15, 0.2) is 53.0 Å². The minimum Gasteiger partial charge on any atom is -0.352 e. The molecule has 0 aliphatic carbocycles. The molecule has 0 spiro atoms. The zero-order valence-corrected chi connectivity index (χ0v) is 22.8. The van der Waals surface area contributed by atoms with Crippen molar-refractivity contribution in [2.45, 2.75) is 59.2 Å². The van der Waals surface area contributed by atoms with Crippen molar-refractivity contribution in [2.75, 3.05) is 17.1 Å². The molecule has 7 nitrogen and oxygen atoms in total. The number of nitrogens with one attached hydrogen (secondary N) is 1. The minimum absolute atomic E-state index is 0.0351. The highest BCUT2D eigenvalue weighted by atomic mass is 79.9. The second-order valence-electron chi connectivity index (χ2n) is 8.50. The number of carbonyl (C=O) groups is 2. The lowest BCUT2D eigenvalue weighted by Crippen LogP contribution is -2.53. The third-order valence-corrected chi connectivity index (χ3v) is 7.27. The van der Waals surface area contributed by atoms with E-state index in [0.717, 1.165) is 28.1 Å². The monoisotopic (exact) mass is 551 g/mol. The van der Waals surface area contributed by atoms with E-state index in [2.05, 4.69) is 21.2 Å². The molecule has 2 atom stereocenters. The molecule has 2 aromatic rings. The molecule has 2 aromatic carbocycles. The van der Waals surface area contributed by atoms with Crippen LogP contribution >= 0.6 is 15.9 Å². The van der Waals surface area contributed by atoms with Crippen LogP contribution in [-0.4, -0.2) is 50.0 Å². The molecule has 2 unspecified atom stereocenters. The van der Waals surface area contributed by atoms with Crippen LogP contribution in [0.3, 0.4) is 0 Å². The predicted octanol–water partition coefficient (Wildman–Crippen LogP) is 4.25. The first-order valence-corrected chi connectivity index (χ1v) is 14.0. The van der Waals surface area contributed by atoms with Gasteiger partial charge in [0.25, 0.3) is 0 Å². The first-order valence-electron chi connectivity index (χ1n) is 11.3. The Morgan fingerprint density at radius 1 is 1.06 bits per heavy atom. The van der Waals surface area contributed by atoms with E-state index in [1.54, 1.807) is 24.3 Å². The molecule has 0 aliphatic rings. The average Bonchev–Trinajstić information content (AvgIpc) is 2.77. The molecule has 186 valence electrons. The van der Waals surface area contributed by atoms with E-state index in [0.29, 0.717) is 16.6 Å². The Balaban J connectivity index is 2.43. The number of halogens is 1. The Morgan fingerprint density at radius 3 is 2.24 bits per heavy atom. The minimum atomic E-state index is -3.75. The largest absolute Gasteiger partial charge is 0.352 e. The highest BCUT2D eigenvalue weighted by Gasteiger charge is 2.32. The van der Waals surface area contributed by atoms with Crippen LogP contribution in [-0.2, 0) is 26.2 Å². The lowest BCUT2D eigenvalue weighted by Gasteiger charge is -2.33. The van der Waals surface area contributed by atoms with Crippen LogP contribution in [0.25, 0.3) is 0 Å². The van der Waals surface area contributed by atoms with Crippen LogP contribution in [0, 0.1) is 6.92 Å². The fourth-order valence-electron chi connectivity index (χ4n) is 3.50. The maximum absolute atomic E-state index is 13.6. The summed E-state index contributed by atoms with van der Waals surface area (Å²) in [5.41, 5.74) is 2.32. The van der Waals surface area contributed by atoms with E-state index in [-0.39, 0.29) is 18.5 Å². The van der Waals surface area contributed by atoms with Gasteiger partial charge >= 0.3 is 0 Å². The highest BCUT2D eigenvalue weighted by molar-refractivity contribution is 9.10. The number of amides is 2. The fourth-order valence-corrected chi connectivity index (χ4v) is 4.72. The number of sulfonamides is 1. The predicted molar refractivity (Wildman–Crippen MR) is 140 cm³/mol. The number of carbonyl (C=O) groups excluding carboxylic acids is 2. The molecule has 0 aliphatic heterocycles. The van der Waals surface area contributed by atoms with E-state index < -0.39 is 28.5 Å². The summed E-state index contributed by atoms with van der Waals surface area (Å²) < 4.78 is 27.0. The molecule has 9 heteroatoms. The van der Waals surface area contributed by atoms with Crippen molar-refractivity contribution in [1.82, 2.24) is 10.2 Å². The fraction of sp³-hybridized carbons (Fsp3) is 0.440. The molecule has 0 saturated carbocycles. The van der Waals surface area contributed by atoms with Gasteiger partial charge in [0, 0.05) is 17.1 Å². The van der Waals surface area contributed by atoms with Gasteiger partial charge in [0.2, 0.25) is 21.8 Å². The van der Waals surface area contributed by atoms with Gasteiger partial charge in [0.05, 0.1) is 11.9 Å². The average molecular weight is 553 g/mol. The van der Waals surface area contributed by atoms with Crippen LogP contribution in [0.2, 0.25) is 0 Å². The summed E-state index contributed by atoms with van der Waals surface area (Å²) in [5, 5.41) is 2.96. The van der Waals surface area contributed by atoms with Crippen molar-refractivity contribution in [3.05, 3.63) is 64.1 Å². The number of hydrogen-bond donors (Lipinski definition) is 1. The molecule has 1 N–H and O–H groups in total. The molecule has 0 bridgehead atoms. The van der Waals surface area contributed by atoms with Gasteiger partial charge in [-0.25, -0.2) is 8.42 Å². The van der Waals surface area contributed by atoms with E-state index in [1.165, 1.54) is 4.90 Å². The number of aryl methyl sites for hydroxylation is 1. The van der Waals surface area contributed by atoms with Gasteiger partial charge < -0.3 is 10.2 Å². The maximum Gasteiger partial charge on any atom is 0.244 e. The molecule has 0 aromatic heterocycles. The van der Waals surface area contributed by atoms with Crippen molar-refractivity contribution >= 4 is 43.5 Å². The Morgan fingerprint density at radius 2 is 1.71 bits per heavy atom. The lowest BCUT2D eigenvalue weighted by molar-refractivity contribution is -0.140. The first kappa shape index (κ1) is 27.9. The van der Waals surface area contributed by atoms with Crippen LogP contribution in [0.1, 0.15) is 44.7 Å². The Bertz CT molecular complexity index is 1090. The SMILES string of the molecule is CCC(C)NC(=O)C(CC)N(Cc1ccc(C)cc1)C(=O)CN(c1cccc(Br)c1)S(C)(=O)=O. The van der Waals surface area contributed by atoms with Crippen molar-refractivity contribution in [3.8, 4) is 0 Å². The van der Waals surface area contributed by atoms with Gasteiger partial charge in [-0.15, -0.1) is 0 Å². The van der Waals surface area contributed by atoms with Gasteiger partial charge in [0.15, 0.2) is 0 Å². The van der Waals surface area contributed by atoms with Crippen molar-refractivity contribution in [2.24, 2.45) is 0 Å². The second-order valence-corrected chi connectivity index (χ2v) is 11.3. The second kappa shape index (κ2) is 12.4. The molecule has 0 radical (unpaired) electrons. The number of rotatable bonds is 11. The van der Waals surface area contributed by atoms with Crippen LogP contribution in [0.4, 0.5) is 5.69 Å². The van der Waals surface area contributed by atoms with Gasteiger partial charge in [-0.05, 0) is 50.5 Å². The molecule has 0 saturated heterocycles. The Hall–Kier alpha value is -2.39. The van der Waals surface area contributed by atoms with Crippen molar-refractivity contribution < 1.29 is 18.0 Å². The third-order valence-electron chi connectivity index (χ3n) is 5.64. The summed E-state index contributed by atoms with van der Waals surface area (Å²) in [7, 11) is -3.75. The van der Waals surface area contributed by atoms with E-state index in [4.69, 9.17) is 0 Å². The van der Waals surface area contributed by atoms with Crippen molar-refractivity contribution in [3.63, 3.8) is 0 Å². The van der Waals surface area contributed by atoms with Gasteiger partial charge in [-0.1, -0.05) is 65.7 Å². The standard InChI is InChI=1S/C25H34BrN3O4S/c1-6-19(4)27-25(31)23(7-2)28(16-20-13-11-18(3)12-14-20)24(30)17-29(34(5,32)33)22-10-8-9-21(26)15-22/h8-15,19,23H,6-7,16-17H2,1-5H3,(H,27,31). The Kier molecular flexibility index (Phi) is 10.1. The number of nitrogens with zero attached hydrogens (tertiary/aromatic N) is 2. The Labute approximate surface area is 211 Å². The van der Waals surface area contributed by atoms with Gasteiger partial charge in [-0.2, -0.15) is 0 Å². The molecule has 34 heavy (non-hydrogen) atoms. The van der Waals surface area contributed by atoms with Crippen LogP contribution < -0.4 is 9.62 Å². The zero-order valence-electron chi connectivity index (χ0n) is 20.4. The summed E-state index contributed by atoms with van der Waals surface area (Å²) in [6.45, 7) is 7.50. The van der Waals surface area contributed by atoms with E-state index in [9.17, 15) is 18.0 Å². The topological polar surface area (TPSA) is 86.8 Å². The summed E-state index contributed by atoms with van der Waals surface area (Å²) in [6.07, 6.45) is 2.23. The summed E-state index contributed by atoms with van der Waals surface area (Å²) in [4.78, 5) is 28.2. The number of hydrogen-bond acceptors (Lipinski definition) is 4. The van der Waals surface area contributed by atoms with Crippen LogP contribution in [0.5, 0.6) is 0 Å². The smallest absolute Gasteiger partial charge is 0.244 e. The zero-order chi connectivity index (χ0) is 25.5. The molecular formula is C25H34BrN3O4S. The van der Waals surface area contributed by atoms with E-state index in [1.807, 2.05) is 52.0 Å². The maximum atomic E-state index is 13.6. The quantitative estimate of drug-likeness (QED) is 0.452. The number of benzene rings is 2. The molecule has 2 amide bonds. The van der Waals surface area contributed by atoms with Crippen molar-refractivity contribution in [1.29, 1.82) is 0 Å². The first-order chi connectivity index (χ1) is 16.0. The molecule has 0 fully saturated rings. The molecular weight excluding hydrogens is 518 g/mol. The normalized spacial score (nSPS) is 13.1. The van der Waals surface area contributed by atoms with Gasteiger partial charge in [-0.3, -0.25) is 13.9 Å². The van der Waals surface area contributed by atoms with Gasteiger partial charge in [0.1, 0.15) is 12.6 Å². The highest BCUT2D eigenvalue weighted by Crippen LogP contribution is 2.23. The molecule has 0 heterocycles. The molecule has 2 rings (SSSR count).